The second-order valence-electron chi connectivity index (χ2n) is 4.89. The van der Waals surface area contributed by atoms with Gasteiger partial charge >= 0.3 is 5.97 Å². The molecule has 0 saturated carbocycles. The Bertz CT molecular complexity index is 813. The smallest absolute Gasteiger partial charge is 0.340 e. The summed E-state index contributed by atoms with van der Waals surface area (Å²) in [6.45, 7) is 0. The number of hydrogen-bond acceptors (Lipinski definition) is 5. The van der Waals surface area contributed by atoms with Crippen molar-refractivity contribution in [1.29, 1.82) is 0 Å². The van der Waals surface area contributed by atoms with Crippen LogP contribution in [0.3, 0.4) is 0 Å². The number of sulfone groups is 1. The predicted molar refractivity (Wildman–Crippen MR) is 83.3 cm³/mol. The summed E-state index contributed by atoms with van der Waals surface area (Å²) in [5, 5.41) is 0. The maximum absolute atomic E-state index is 12.4. The van der Waals surface area contributed by atoms with Crippen LogP contribution in [0, 0.1) is 0 Å². The third-order valence-electron chi connectivity index (χ3n) is 3.30. The molecule has 23 heavy (non-hydrogen) atoms. The van der Waals surface area contributed by atoms with Crippen LogP contribution < -0.4 is 0 Å². The van der Waals surface area contributed by atoms with Crippen molar-refractivity contribution in [2.75, 3.05) is 0 Å². The van der Waals surface area contributed by atoms with E-state index in [1.165, 1.54) is 24.3 Å². The van der Waals surface area contributed by atoms with Gasteiger partial charge in [0.15, 0.2) is 5.44 Å². The van der Waals surface area contributed by atoms with Gasteiger partial charge in [-0.3, -0.25) is 0 Å². The highest BCUT2D eigenvalue weighted by atomic mass is 32.2. The second-order valence-corrected chi connectivity index (χ2v) is 6.91. The third kappa shape index (κ3) is 3.33. The Balaban J connectivity index is 1.68. The summed E-state index contributed by atoms with van der Waals surface area (Å²) in [5.74, 6) is -0.571. The van der Waals surface area contributed by atoms with Crippen LogP contribution in [0.1, 0.15) is 10.4 Å². The first-order valence-electron chi connectivity index (χ1n) is 6.96. The lowest BCUT2D eigenvalue weighted by Crippen LogP contribution is -2.25. The summed E-state index contributed by atoms with van der Waals surface area (Å²) < 4.78 is 35.3. The number of carbonyl (C=O) groups is 1. The zero-order chi connectivity index (χ0) is 16.3. The van der Waals surface area contributed by atoms with Crippen molar-refractivity contribution in [3.05, 3.63) is 78.4 Å². The number of hydrogen-bond donors (Lipinski definition) is 0. The average molecular weight is 330 g/mol. The largest absolute Gasteiger partial charge is 0.428 e. The van der Waals surface area contributed by atoms with Crippen LogP contribution in [0.25, 0.3) is 0 Å². The standard InChI is InChI=1S/C17H14O5S/c18-17(13-7-3-1-4-8-13)22-15-11-12-16(21-15)23(19,20)14-9-5-2-6-10-14/h1-12,15-16H/t15-,16+/m0/s1. The molecule has 0 fully saturated rings. The molecule has 1 heterocycles. The SMILES string of the molecule is O=C(O[C@H]1C=C[C@@H](S(=O)(=O)c2ccccc2)O1)c1ccccc1. The molecule has 0 aromatic heterocycles. The molecule has 2 atom stereocenters. The average Bonchev–Trinajstić information content (AvgIpc) is 3.06. The fourth-order valence-corrected chi connectivity index (χ4v) is 3.50. The van der Waals surface area contributed by atoms with Crippen molar-refractivity contribution < 1.29 is 22.7 Å². The Hall–Kier alpha value is -2.44. The molecular weight excluding hydrogens is 316 g/mol. The van der Waals surface area contributed by atoms with Crippen LogP contribution >= 0.6 is 0 Å². The molecule has 0 N–H and O–H groups in total. The van der Waals surface area contributed by atoms with E-state index in [4.69, 9.17) is 9.47 Å². The lowest BCUT2D eigenvalue weighted by atomic mass is 10.2. The van der Waals surface area contributed by atoms with Crippen molar-refractivity contribution in [1.82, 2.24) is 0 Å². The summed E-state index contributed by atoms with van der Waals surface area (Å²) in [4.78, 5) is 12.1. The normalized spacial score (nSPS) is 20.3. The van der Waals surface area contributed by atoms with Gasteiger partial charge in [-0.2, -0.15) is 0 Å². The van der Waals surface area contributed by atoms with Crippen LogP contribution in [0.5, 0.6) is 0 Å². The minimum atomic E-state index is -3.67. The van der Waals surface area contributed by atoms with E-state index in [-0.39, 0.29) is 4.90 Å². The minimum absolute atomic E-state index is 0.157. The van der Waals surface area contributed by atoms with E-state index >= 15 is 0 Å². The van der Waals surface area contributed by atoms with Crippen LogP contribution in [0.15, 0.2) is 77.7 Å². The van der Waals surface area contributed by atoms with E-state index in [1.807, 2.05) is 0 Å². The van der Waals surface area contributed by atoms with Gasteiger partial charge < -0.3 is 9.47 Å². The highest BCUT2D eigenvalue weighted by molar-refractivity contribution is 7.92. The van der Waals surface area contributed by atoms with Crippen LogP contribution in [0.4, 0.5) is 0 Å². The highest BCUT2D eigenvalue weighted by Gasteiger charge is 2.33. The van der Waals surface area contributed by atoms with Gasteiger partial charge in [-0.05, 0) is 36.4 Å². The van der Waals surface area contributed by atoms with Crippen molar-refractivity contribution >= 4 is 15.8 Å². The topological polar surface area (TPSA) is 69.7 Å². The molecule has 0 radical (unpaired) electrons. The summed E-state index contributed by atoms with van der Waals surface area (Å²) in [7, 11) is -3.67. The Labute approximate surface area is 134 Å². The van der Waals surface area contributed by atoms with Gasteiger partial charge in [0.1, 0.15) is 0 Å². The zero-order valence-corrected chi connectivity index (χ0v) is 12.8. The molecule has 3 rings (SSSR count). The highest BCUT2D eigenvalue weighted by Crippen LogP contribution is 2.24. The third-order valence-corrected chi connectivity index (χ3v) is 5.11. The maximum atomic E-state index is 12.4. The predicted octanol–water partition coefficient (Wildman–Crippen LogP) is 2.56. The lowest BCUT2D eigenvalue weighted by Gasteiger charge is -2.15. The first-order chi connectivity index (χ1) is 11.1. The number of carbonyl (C=O) groups excluding carboxylic acids is 1. The van der Waals surface area contributed by atoms with Gasteiger partial charge in [0, 0.05) is 0 Å². The molecule has 0 amide bonds. The number of esters is 1. The van der Waals surface area contributed by atoms with E-state index in [0.717, 1.165) is 0 Å². The molecule has 2 aromatic carbocycles. The molecule has 5 nitrogen and oxygen atoms in total. The summed E-state index contributed by atoms with van der Waals surface area (Å²) in [5.41, 5.74) is -0.794. The molecule has 0 spiro atoms. The van der Waals surface area contributed by atoms with E-state index < -0.39 is 27.5 Å². The monoisotopic (exact) mass is 330 g/mol. The van der Waals surface area contributed by atoms with Gasteiger partial charge in [0.25, 0.3) is 0 Å². The Morgan fingerprint density at radius 2 is 1.52 bits per heavy atom. The summed E-state index contributed by atoms with van der Waals surface area (Å²) >= 11 is 0. The lowest BCUT2D eigenvalue weighted by molar-refractivity contribution is -0.0703. The Morgan fingerprint density at radius 1 is 0.913 bits per heavy atom. The molecule has 0 unspecified atom stereocenters. The van der Waals surface area contributed by atoms with E-state index in [1.54, 1.807) is 48.5 Å². The van der Waals surface area contributed by atoms with E-state index in [9.17, 15) is 13.2 Å². The summed E-state index contributed by atoms with van der Waals surface area (Å²) in [6.07, 6.45) is 1.78. The van der Waals surface area contributed by atoms with Crippen molar-refractivity contribution in [2.45, 2.75) is 16.6 Å². The van der Waals surface area contributed by atoms with Gasteiger partial charge in [0.05, 0.1) is 10.5 Å². The van der Waals surface area contributed by atoms with Crippen LogP contribution in [-0.2, 0) is 19.3 Å². The molecule has 0 saturated heterocycles. The quantitative estimate of drug-likeness (QED) is 0.636. The van der Waals surface area contributed by atoms with Gasteiger partial charge in [0.2, 0.25) is 16.1 Å². The van der Waals surface area contributed by atoms with E-state index in [2.05, 4.69) is 0 Å². The minimum Gasteiger partial charge on any atom is -0.428 e. The van der Waals surface area contributed by atoms with Crippen molar-refractivity contribution in [3.8, 4) is 0 Å². The van der Waals surface area contributed by atoms with Crippen LogP contribution in [0.2, 0.25) is 0 Å². The first-order valence-corrected chi connectivity index (χ1v) is 8.51. The van der Waals surface area contributed by atoms with Gasteiger partial charge in [-0.25, -0.2) is 13.2 Å². The molecule has 6 heteroatoms. The van der Waals surface area contributed by atoms with Crippen LogP contribution in [-0.4, -0.2) is 26.1 Å². The van der Waals surface area contributed by atoms with E-state index in [0.29, 0.717) is 5.56 Å². The number of benzene rings is 2. The second kappa shape index (κ2) is 6.36. The molecule has 118 valence electrons. The molecule has 0 bridgehead atoms. The molecule has 2 aromatic rings. The van der Waals surface area contributed by atoms with Crippen molar-refractivity contribution in [3.63, 3.8) is 0 Å². The fourth-order valence-electron chi connectivity index (χ4n) is 2.14. The Morgan fingerprint density at radius 3 is 2.17 bits per heavy atom. The maximum Gasteiger partial charge on any atom is 0.340 e. The molecular formula is C17H14O5S. The fraction of sp³-hybridized carbons (Fsp3) is 0.118. The summed E-state index contributed by atoms with van der Waals surface area (Å²) in [6, 6.07) is 16.4. The van der Waals surface area contributed by atoms with Gasteiger partial charge in [-0.15, -0.1) is 0 Å². The van der Waals surface area contributed by atoms with Gasteiger partial charge in [-0.1, -0.05) is 36.4 Å². The number of ether oxygens (including phenoxy) is 2. The molecule has 1 aliphatic heterocycles. The number of rotatable bonds is 4. The zero-order valence-electron chi connectivity index (χ0n) is 12.0. The molecule has 1 aliphatic rings. The first kappa shape index (κ1) is 15.5. The Kier molecular flexibility index (Phi) is 4.27. The van der Waals surface area contributed by atoms with Crippen molar-refractivity contribution in [2.24, 2.45) is 0 Å². The molecule has 0 aliphatic carbocycles.